The van der Waals surface area contributed by atoms with Gasteiger partial charge in [0.15, 0.2) is 11.8 Å². The molecule has 0 aliphatic heterocycles. The van der Waals surface area contributed by atoms with Crippen molar-refractivity contribution < 1.29 is 9.53 Å². The van der Waals surface area contributed by atoms with Gasteiger partial charge in [-0.3, -0.25) is 10.2 Å². The van der Waals surface area contributed by atoms with Crippen LogP contribution in [0.2, 0.25) is 0 Å². The van der Waals surface area contributed by atoms with Gasteiger partial charge in [-0.05, 0) is 42.3 Å². The topological polar surface area (TPSA) is 74.5 Å². The Kier molecular flexibility index (Phi) is 5.89. The average Bonchev–Trinajstić information content (AvgIpc) is 2.58. The Hall–Kier alpha value is -3.13. The van der Waals surface area contributed by atoms with E-state index in [2.05, 4.69) is 10.5 Å². The Bertz CT molecular complexity index is 703. The van der Waals surface area contributed by atoms with E-state index < -0.39 is 6.04 Å². The molecule has 0 heterocycles. The van der Waals surface area contributed by atoms with E-state index in [9.17, 15) is 4.79 Å². The zero-order chi connectivity index (χ0) is 16.5. The van der Waals surface area contributed by atoms with Crippen LogP contribution in [0.1, 0.15) is 18.1 Å². The van der Waals surface area contributed by atoms with E-state index in [0.29, 0.717) is 6.61 Å². The molecule has 0 aliphatic carbocycles. The lowest BCUT2D eigenvalue weighted by Gasteiger charge is -2.06. The molecule has 0 saturated heterocycles. The van der Waals surface area contributed by atoms with E-state index in [0.717, 1.165) is 16.9 Å². The lowest BCUT2D eigenvalue weighted by Crippen LogP contribution is -2.29. The van der Waals surface area contributed by atoms with E-state index in [1.165, 1.54) is 6.92 Å². The summed E-state index contributed by atoms with van der Waals surface area (Å²) in [7, 11) is 0. The summed E-state index contributed by atoms with van der Waals surface area (Å²) in [6, 6.07) is 18.2. The number of hydrazone groups is 1. The Morgan fingerprint density at radius 1 is 1.26 bits per heavy atom. The van der Waals surface area contributed by atoms with Crippen molar-refractivity contribution in [2.75, 3.05) is 0 Å². The highest BCUT2D eigenvalue weighted by Gasteiger charge is 2.09. The molecule has 0 saturated carbocycles. The van der Waals surface area contributed by atoms with Crippen LogP contribution in [0.15, 0.2) is 59.7 Å². The Balaban J connectivity index is 1.87. The first-order chi connectivity index (χ1) is 11.2. The van der Waals surface area contributed by atoms with Crippen LogP contribution in [0.25, 0.3) is 0 Å². The van der Waals surface area contributed by atoms with Gasteiger partial charge in [-0.1, -0.05) is 30.3 Å². The summed E-state index contributed by atoms with van der Waals surface area (Å²) >= 11 is 0. The maximum Gasteiger partial charge on any atom is 0.188 e. The average molecular weight is 307 g/mol. The third kappa shape index (κ3) is 5.29. The highest BCUT2D eigenvalue weighted by atomic mass is 16.5. The molecule has 1 unspecified atom stereocenters. The Morgan fingerprint density at radius 2 is 1.96 bits per heavy atom. The van der Waals surface area contributed by atoms with Gasteiger partial charge in [0.05, 0.1) is 12.3 Å². The van der Waals surface area contributed by atoms with Gasteiger partial charge in [-0.15, -0.1) is 0 Å². The molecule has 5 heteroatoms. The number of carbonyl (C=O) groups excluding carboxylic acids is 1. The van der Waals surface area contributed by atoms with Crippen LogP contribution >= 0.6 is 0 Å². The lowest BCUT2D eigenvalue weighted by atomic mass is 10.2. The van der Waals surface area contributed by atoms with Crippen LogP contribution in [0, 0.1) is 11.3 Å². The van der Waals surface area contributed by atoms with Crippen molar-refractivity contribution in [3.05, 3.63) is 65.7 Å². The second-order valence-electron chi connectivity index (χ2n) is 4.90. The molecule has 0 aliphatic rings. The quantitative estimate of drug-likeness (QED) is 0.630. The first-order valence-corrected chi connectivity index (χ1v) is 7.14. The van der Waals surface area contributed by atoms with Crippen molar-refractivity contribution in [3.8, 4) is 11.8 Å². The molecule has 2 aromatic rings. The summed E-state index contributed by atoms with van der Waals surface area (Å²) in [5.74, 6) is 0.493. The number of rotatable bonds is 7. The molecular formula is C18H17N3O2. The fraction of sp³-hybridized carbons (Fsp3) is 0.167. The number of hydrogen-bond donors (Lipinski definition) is 1. The number of Topliss-reactive ketones (excluding diaryl/α,β-unsaturated/α-hetero) is 1. The van der Waals surface area contributed by atoms with Crippen LogP contribution in [-0.2, 0) is 11.4 Å². The minimum absolute atomic E-state index is 0.269. The van der Waals surface area contributed by atoms with Crippen LogP contribution < -0.4 is 10.2 Å². The Morgan fingerprint density at radius 3 is 2.57 bits per heavy atom. The fourth-order valence-corrected chi connectivity index (χ4v) is 1.79. The van der Waals surface area contributed by atoms with Crippen molar-refractivity contribution >= 4 is 12.0 Å². The molecule has 23 heavy (non-hydrogen) atoms. The molecule has 0 fully saturated rings. The van der Waals surface area contributed by atoms with Crippen molar-refractivity contribution in [1.82, 2.24) is 5.43 Å². The molecule has 0 aromatic heterocycles. The summed E-state index contributed by atoms with van der Waals surface area (Å²) in [6.45, 7) is 1.85. The summed E-state index contributed by atoms with van der Waals surface area (Å²) in [5.41, 5.74) is 4.45. The molecule has 2 aromatic carbocycles. The smallest absolute Gasteiger partial charge is 0.188 e. The van der Waals surface area contributed by atoms with E-state index in [1.807, 2.05) is 60.7 Å². The molecule has 1 N–H and O–H groups in total. The van der Waals surface area contributed by atoms with E-state index >= 15 is 0 Å². The fourth-order valence-electron chi connectivity index (χ4n) is 1.79. The van der Waals surface area contributed by atoms with Gasteiger partial charge in [0.1, 0.15) is 12.4 Å². The van der Waals surface area contributed by atoms with Gasteiger partial charge in [0, 0.05) is 0 Å². The minimum atomic E-state index is -0.917. The normalized spacial score (nSPS) is 11.7. The maximum absolute atomic E-state index is 11.1. The SMILES string of the molecule is CC(=O)C(C#N)NN=Cc1ccc(OCc2ccccc2)cc1. The van der Waals surface area contributed by atoms with Crippen molar-refractivity contribution in [1.29, 1.82) is 5.26 Å². The number of nitriles is 1. The molecule has 0 spiro atoms. The van der Waals surface area contributed by atoms with E-state index in [1.54, 1.807) is 6.21 Å². The summed E-state index contributed by atoms with van der Waals surface area (Å²) in [5, 5.41) is 12.7. The number of carbonyl (C=O) groups is 1. The molecule has 2 rings (SSSR count). The molecule has 0 radical (unpaired) electrons. The van der Waals surface area contributed by atoms with Crippen LogP contribution in [0.5, 0.6) is 5.75 Å². The van der Waals surface area contributed by atoms with Gasteiger partial charge in [-0.25, -0.2) is 0 Å². The predicted molar refractivity (Wildman–Crippen MR) is 88.0 cm³/mol. The summed E-state index contributed by atoms with van der Waals surface area (Å²) in [6.07, 6.45) is 1.55. The van der Waals surface area contributed by atoms with Gasteiger partial charge in [0.25, 0.3) is 0 Å². The lowest BCUT2D eigenvalue weighted by molar-refractivity contribution is -0.117. The second-order valence-corrected chi connectivity index (χ2v) is 4.90. The largest absolute Gasteiger partial charge is 0.489 e. The van der Waals surface area contributed by atoms with E-state index in [4.69, 9.17) is 10.00 Å². The summed E-state index contributed by atoms with van der Waals surface area (Å²) in [4.78, 5) is 11.1. The number of nitrogens with one attached hydrogen (secondary N) is 1. The Labute approximate surface area is 135 Å². The van der Waals surface area contributed by atoms with Gasteiger partial charge in [0.2, 0.25) is 0 Å². The van der Waals surface area contributed by atoms with Crippen molar-refractivity contribution in [3.63, 3.8) is 0 Å². The zero-order valence-corrected chi connectivity index (χ0v) is 12.8. The second kappa shape index (κ2) is 8.35. The number of nitrogens with zero attached hydrogens (tertiary/aromatic N) is 2. The molecule has 116 valence electrons. The zero-order valence-electron chi connectivity index (χ0n) is 12.8. The van der Waals surface area contributed by atoms with E-state index in [-0.39, 0.29) is 5.78 Å². The highest BCUT2D eigenvalue weighted by Crippen LogP contribution is 2.13. The minimum Gasteiger partial charge on any atom is -0.489 e. The van der Waals surface area contributed by atoms with Crippen LogP contribution in [0.3, 0.4) is 0 Å². The van der Waals surface area contributed by atoms with Crippen molar-refractivity contribution in [2.45, 2.75) is 19.6 Å². The third-order valence-electron chi connectivity index (χ3n) is 3.08. The third-order valence-corrected chi connectivity index (χ3v) is 3.08. The highest BCUT2D eigenvalue weighted by molar-refractivity contribution is 5.84. The monoisotopic (exact) mass is 307 g/mol. The molecule has 1 atom stereocenters. The number of ether oxygens (including phenoxy) is 1. The number of hydrogen-bond acceptors (Lipinski definition) is 5. The first-order valence-electron chi connectivity index (χ1n) is 7.14. The van der Waals surface area contributed by atoms with Gasteiger partial charge < -0.3 is 4.74 Å². The standard InChI is InChI=1S/C18H17N3O2/c1-14(22)18(11-19)21-20-12-15-7-9-17(10-8-15)23-13-16-5-3-2-4-6-16/h2-10,12,18,21H,13H2,1H3. The molecule has 0 bridgehead atoms. The van der Waals surface area contributed by atoms with Crippen LogP contribution in [0.4, 0.5) is 0 Å². The molecule has 5 nitrogen and oxygen atoms in total. The van der Waals surface area contributed by atoms with Gasteiger partial charge in [-0.2, -0.15) is 10.4 Å². The van der Waals surface area contributed by atoms with Crippen molar-refractivity contribution in [2.24, 2.45) is 5.10 Å². The predicted octanol–water partition coefficient (Wildman–Crippen LogP) is 2.67. The summed E-state index contributed by atoms with van der Waals surface area (Å²) < 4.78 is 5.69. The van der Waals surface area contributed by atoms with Gasteiger partial charge >= 0.3 is 0 Å². The van der Waals surface area contributed by atoms with Crippen LogP contribution in [-0.4, -0.2) is 18.0 Å². The first kappa shape index (κ1) is 16.2. The number of ketones is 1. The molecular weight excluding hydrogens is 290 g/mol. The number of benzene rings is 2. The maximum atomic E-state index is 11.1. The molecule has 0 amide bonds.